The maximum atomic E-state index is 13.7. The standard InChI is InChI=1S/C12H11FN2O2/c1-15-7-6-14-12(15)11(16)10-8(13)4-3-5-9(10)17-2/h3-7H,1-2H3. The molecule has 0 fully saturated rings. The molecule has 1 aromatic heterocycles. The Bertz CT molecular complexity index is 563. The highest BCUT2D eigenvalue weighted by Crippen LogP contribution is 2.23. The van der Waals surface area contributed by atoms with Crippen LogP contribution in [-0.4, -0.2) is 22.4 Å². The van der Waals surface area contributed by atoms with Gasteiger partial charge in [-0.05, 0) is 12.1 Å². The molecule has 0 N–H and O–H groups in total. The molecule has 2 aromatic rings. The van der Waals surface area contributed by atoms with Crippen LogP contribution >= 0.6 is 0 Å². The number of nitrogens with zero attached hydrogens (tertiary/aromatic N) is 2. The number of ketones is 1. The Hall–Kier alpha value is -2.17. The van der Waals surface area contributed by atoms with Crippen LogP contribution in [0.1, 0.15) is 16.2 Å². The highest BCUT2D eigenvalue weighted by molar-refractivity contribution is 6.08. The molecular formula is C12H11FN2O2. The highest BCUT2D eigenvalue weighted by Gasteiger charge is 2.21. The average molecular weight is 234 g/mol. The molecule has 0 saturated heterocycles. The first-order valence-electron chi connectivity index (χ1n) is 4.99. The van der Waals surface area contributed by atoms with Crippen molar-refractivity contribution in [3.8, 4) is 5.75 Å². The van der Waals surface area contributed by atoms with Crippen molar-refractivity contribution in [1.82, 2.24) is 9.55 Å². The van der Waals surface area contributed by atoms with Crippen LogP contribution in [0, 0.1) is 5.82 Å². The van der Waals surface area contributed by atoms with Crippen LogP contribution < -0.4 is 4.74 Å². The largest absolute Gasteiger partial charge is 0.496 e. The molecule has 0 aliphatic carbocycles. The van der Waals surface area contributed by atoms with Gasteiger partial charge >= 0.3 is 0 Å². The second-order valence-electron chi connectivity index (χ2n) is 3.51. The summed E-state index contributed by atoms with van der Waals surface area (Å²) in [4.78, 5) is 16.0. The maximum Gasteiger partial charge on any atom is 0.235 e. The van der Waals surface area contributed by atoms with Crippen molar-refractivity contribution in [2.75, 3.05) is 7.11 Å². The molecule has 1 aromatic carbocycles. The van der Waals surface area contributed by atoms with Crippen molar-refractivity contribution in [3.63, 3.8) is 0 Å². The van der Waals surface area contributed by atoms with E-state index in [4.69, 9.17) is 4.74 Å². The highest BCUT2D eigenvalue weighted by atomic mass is 19.1. The maximum absolute atomic E-state index is 13.7. The van der Waals surface area contributed by atoms with Crippen molar-refractivity contribution in [1.29, 1.82) is 0 Å². The average Bonchev–Trinajstić information content (AvgIpc) is 2.74. The van der Waals surface area contributed by atoms with E-state index in [9.17, 15) is 9.18 Å². The van der Waals surface area contributed by atoms with Gasteiger partial charge in [0.25, 0.3) is 0 Å². The fourth-order valence-electron chi connectivity index (χ4n) is 1.59. The first-order valence-corrected chi connectivity index (χ1v) is 4.99. The minimum absolute atomic E-state index is 0.0932. The first kappa shape index (κ1) is 11.3. The summed E-state index contributed by atoms with van der Waals surface area (Å²) in [5.41, 5.74) is -0.0932. The number of carbonyl (C=O) groups is 1. The Morgan fingerprint density at radius 1 is 1.47 bits per heavy atom. The molecule has 88 valence electrons. The van der Waals surface area contributed by atoms with Crippen LogP contribution in [-0.2, 0) is 7.05 Å². The van der Waals surface area contributed by atoms with Gasteiger partial charge in [-0.2, -0.15) is 0 Å². The molecular weight excluding hydrogens is 223 g/mol. The monoisotopic (exact) mass is 234 g/mol. The fourth-order valence-corrected chi connectivity index (χ4v) is 1.59. The second kappa shape index (κ2) is 4.37. The number of hydrogen-bond acceptors (Lipinski definition) is 3. The number of halogens is 1. The SMILES string of the molecule is COc1cccc(F)c1C(=O)c1nccn1C. The Morgan fingerprint density at radius 3 is 2.82 bits per heavy atom. The Labute approximate surface area is 97.7 Å². The van der Waals surface area contributed by atoms with Crippen LogP contribution in [0.2, 0.25) is 0 Å². The number of imidazole rings is 1. The Morgan fingerprint density at radius 2 is 2.24 bits per heavy atom. The molecule has 0 amide bonds. The Kier molecular flexibility index (Phi) is 2.91. The predicted molar refractivity (Wildman–Crippen MR) is 59.6 cm³/mol. The van der Waals surface area contributed by atoms with E-state index in [-0.39, 0.29) is 17.1 Å². The minimum Gasteiger partial charge on any atom is -0.496 e. The number of rotatable bonds is 3. The first-order chi connectivity index (χ1) is 8.15. The van der Waals surface area contributed by atoms with E-state index < -0.39 is 11.6 Å². The van der Waals surface area contributed by atoms with Crippen LogP contribution in [0.25, 0.3) is 0 Å². The normalized spacial score (nSPS) is 10.3. The molecule has 17 heavy (non-hydrogen) atoms. The van der Waals surface area contributed by atoms with Crippen molar-refractivity contribution < 1.29 is 13.9 Å². The van der Waals surface area contributed by atoms with Gasteiger partial charge in [0.2, 0.25) is 5.78 Å². The molecule has 0 bridgehead atoms. The third-order valence-corrected chi connectivity index (χ3v) is 2.45. The Balaban J connectivity index is 2.55. The molecule has 0 atom stereocenters. The molecule has 0 unspecified atom stereocenters. The molecule has 4 nitrogen and oxygen atoms in total. The number of aromatic nitrogens is 2. The predicted octanol–water partition coefficient (Wildman–Crippen LogP) is 1.80. The van der Waals surface area contributed by atoms with Gasteiger partial charge in [0.15, 0.2) is 5.82 Å². The topological polar surface area (TPSA) is 44.1 Å². The molecule has 0 radical (unpaired) electrons. The van der Waals surface area contributed by atoms with Crippen LogP contribution in [0.4, 0.5) is 4.39 Å². The number of ether oxygens (including phenoxy) is 1. The lowest BCUT2D eigenvalue weighted by Crippen LogP contribution is -2.12. The lowest BCUT2D eigenvalue weighted by Gasteiger charge is -2.08. The van der Waals surface area contributed by atoms with E-state index >= 15 is 0 Å². The van der Waals surface area contributed by atoms with E-state index in [1.807, 2.05) is 0 Å². The van der Waals surface area contributed by atoms with Gasteiger partial charge in [-0.15, -0.1) is 0 Å². The van der Waals surface area contributed by atoms with E-state index in [1.54, 1.807) is 19.3 Å². The molecule has 5 heteroatoms. The lowest BCUT2D eigenvalue weighted by atomic mass is 10.1. The van der Waals surface area contributed by atoms with Crippen LogP contribution in [0.5, 0.6) is 5.75 Å². The van der Waals surface area contributed by atoms with E-state index in [0.29, 0.717) is 0 Å². The van der Waals surface area contributed by atoms with E-state index in [0.717, 1.165) is 0 Å². The van der Waals surface area contributed by atoms with Crippen molar-refractivity contribution in [3.05, 3.63) is 47.8 Å². The summed E-state index contributed by atoms with van der Waals surface area (Å²) in [6.07, 6.45) is 3.11. The smallest absolute Gasteiger partial charge is 0.235 e. The van der Waals surface area contributed by atoms with Crippen LogP contribution in [0.3, 0.4) is 0 Å². The van der Waals surface area contributed by atoms with Crippen molar-refractivity contribution in [2.45, 2.75) is 0 Å². The van der Waals surface area contributed by atoms with Gasteiger partial charge in [-0.3, -0.25) is 4.79 Å². The van der Waals surface area contributed by atoms with Gasteiger partial charge in [0.1, 0.15) is 17.1 Å². The summed E-state index contributed by atoms with van der Waals surface area (Å²) < 4.78 is 20.2. The molecule has 2 rings (SSSR count). The molecule has 1 heterocycles. The number of aryl methyl sites for hydroxylation is 1. The number of hydrogen-bond donors (Lipinski definition) is 0. The van der Waals surface area contributed by atoms with Gasteiger partial charge in [-0.1, -0.05) is 6.07 Å². The zero-order valence-corrected chi connectivity index (χ0v) is 9.48. The fraction of sp³-hybridized carbons (Fsp3) is 0.167. The molecule has 0 saturated carbocycles. The zero-order chi connectivity index (χ0) is 12.4. The summed E-state index contributed by atoms with van der Waals surface area (Å²) in [5, 5.41) is 0. The van der Waals surface area contributed by atoms with E-state index in [2.05, 4.69) is 4.98 Å². The van der Waals surface area contributed by atoms with Gasteiger partial charge < -0.3 is 9.30 Å². The third-order valence-electron chi connectivity index (χ3n) is 2.45. The lowest BCUT2D eigenvalue weighted by molar-refractivity contribution is 0.102. The minimum atomic E-state index is -0.614. The number of methoxy groups -OCH3 is 1. The molecule has 0 aliphatic rings. The van der Waals surface area contributed by atoms with E-state index in [1.165, 1.54) is 30.0 Å². The zero-order valence-electron chi connectivity index (χ0n) is 9.48. The summed E-state index contributed by atoms with van der Waals surface area (Å²) in [6, 6.07) is 4.25. The van der Waals surface area contributed by atoms with Gasteiger partial charge in [0, 0.05) is 19.4 Å². The van der Waals surface area contributed by atoms with Crippen molar-refractivity contribution in [2.24, 2.45) is 7.05 Å². The summed E-state index contributed by atoms with van der Waals surface area (Å²) in [6.45, 7) is 0. The van der Waals surface area contributed by atoms with Gasteiger partial charge in [-0.25, -0.2) is 9.37 Å². The van der Waals surface area contributed by atoms with Gasteiger partial charge in [0.05, 0.1) is 7.11 Å². The quantitative estimate of drug-likeness (QED) is 0.760. The third kappa shape index (κ3) is 1.91. The summed E-state index contributed by atoms with van der Waals surface area (Å²) in [7, 11) is 3.07. The second-order valence-corrected chi connectivity index (χ2v) is 3.51. The number of carbonyl (C=O) groups excluding carboxylic acids is 1. The molecule has 0 spiro atoms. The van der Waals surface area contributed by atoms with Crippen LogP contribution in [0.15, 0.2) is 30.6 Å². The summed E-state index contributed by atoms with van der Waals surface area (Å²) in [5.74, 6) is -0.726. The van der Waals surface area contributed by atoms with Crippen molar-refractivity contribution >= 4 is 5.78 Å². The number of benzene rings is 1. The summed E-state index contributed by atoms with van der Waals surface area (Å²) >= 11 is 0. The molecule has 0 aliphatic heterocycles.